The molecule has 5 aromatic rings. The number of hydrogen-bond acceptors (Lipinski definition) is 10. The average Bonchev–Trinajstić information content (AvgIpc) is 3.55. The minimum atomic E-state index is -0.746. The number of benzene rings is 2. The monoisotopic (exact) mass is 488 g/mol. The number of esters is 1. The van der Waals surface area contributed by atoms with Crippen molar-refractivity contribution in [2.45, 2.75) is 6.61 Å². The van der Waals surface area contributed by atoms with Crippen LogP contribution < -0.4 is 11.1 Å². The first-order valence-electron chi connectivity index (χ1n) is 10.3. The lowest BCUT2D eigenvalue weighted by molar-refractivity contribution is 0.0448. The third-order valence-corrected chi connectivity index (χ3v) is 5.53. The van der Waals surface area contributed by atoms with E-state index in [0.29, 0.717) is 11.5 Å². The zero-order chi connectivity index (χ0) is 24.2. The van der Waals surface area contributed by atoms with E-state index in [1.54, 1.807) is 4.68 Å². The maximum atomic E-state index is 13.1. The minimum absolute atomic E-state index is 0.0675. The van der Waals surface area contributed by atoms with Gasteiger partial charge < -0.3 is 15.8 Å². The predicted molar refractivity (Wildman–Crippen MR) is 128 cm³/mol. The molecule has 0 bridgehead atoms. The normalized spacial score (nSPS) is 10.8. The lowest BCUT2D eigenvalue weighted by Gasteiger charge is -2.07. The van der Waals surface area contributed by atoms with Crippen LogP contribution in [0.2, 0.25) is 0 Å². The molecule has 0 saturated heterocycles. The zero-order valence-electron chi connectivity index (χ0n) is 18.0. The molecule has 0 spiro atoms. The van der Waals surface area contributed by atoms with Gasteiger partial charge in [0.1, 0.15) is 5.82 Å². The summed E-state index contributed by atoms with van der Waals surface area (Å²) in [7, 11) is 0. The molecule has 0 amide bonds. The van der Waals surface area contributed by atoms with E-state index in [4.69, 9.17) is 10.5 Å². The SMILES string of the molecule is Nc1nc(COC(=O)c2nc(-c3cccs3)n(-c3ccccc3)n2)nc(Nc2ccc(F)cc2)n1. The van der Waals surface area contributed by atoms with Gasteiger partial charge in [-0.1, -0.05) is 24.3 Å². The fraction of sp³-hybridized carbons (Fsp3) is 0.0435. The molecule has 2 aromatic carbocycles. The molecular formula is C23H17FN8O2S. The van der Waals surface area contributed by atoms with Crippen molar-refractivity contribution in [3.05, 3.63) is 89.6 Å². The molecular weight excluding hydrogens is 471 g/mol. The van der Waals surface area contributed by atoms with Gasteiger partial charge in [0.15, 0.2) is 18.3 Å². The highest BCUT2D eigenvalue weighted by Gasteiger charge is 2.21. The second kappa shape index (κ2) is 9.65. The maximum Gasteiger partial charge on any atom is 0.378 e. The van der Waals surface area contributed by atoms with Gasteiger partial charge in [-0.25, -0.2) is 13.9 Å². The molecule has 0 radical (unpaired) electrons. The van der Waals surface area contributed by atoms with Crippen LogP contribution >= 0.6 is 11.3 Å². The van der Waals surface area contributed by atoms with E-state index in [2.05, 4.69) is 30.4 Å². The van der Waals surface area contributed by atoms with Gasteiger partial charge in [0.05, 0.1) is 10.6 Å². The highest BCUT2D eigenvalue weighted by atomic mass is 32.1. The molecule has 0 aliphatic carbocycles. The van der Waals surface area contributed by atoms with Crippen molar-refractivity contribution in [2.24, 2.45) is 0 Å². The summed E-state index contributed by atoms with van der Waals surface area (Å²) in [6.07, 6.45) is 0. The number of hydrogen-bond donors (Lipinski definition) is 2. The Balaban J connectivity index is 1.34. The van der Waals surface area contributed by atoms with Crippen LogP contribution in [0.15, 0.2) is 72.1 Å². The van der Waals surface area contributed by atoms with E-state index in [-0.39, 0.29) is 36.0 Å². The van der Waals surface area contributed by atoms with Gasteiger partial charge in [-0.3, -0.25) is 0 Å². The van der Waals surface area contributed by atoms with Crippen molar-refractivity contribution in [2.75, 3.05) is 11.1 Å². The Hall–Kier alpha value is -4.71. The number of nitrogens with zero attached hydrogens (tertiary/aromatic N) is 6. The van der Waals surface area contributed by atoms with E-state index < -0.39 is 5.97 Å². The fourth-order valence-electron chi connectivity index (χ4n) is 3.13. The van der Waals surface area contributed by atoms with E-state index in [9.17, 15) is 9.18 Å². The van der Waals surface area contributed by atoms with Crippen LogP contribution in [0.4, 0.5) is 22.0 Å². The first-order valence-corrected chi connectivity index (χ1v) is 11.2. The Morgan fingerprint density at radius 3 is 2.54 bits per heavy atom. The molecule has 0 aliphatic rings. The Morgan fingerprint density at radius 2 is 1.80 bits per heavy atom. The number of nitrogens with one attached hydrogen (secondary N) is 1. The molecule has 35 heavy (non-hydrogen) atoms. The summed E-state index contributed by atoms with van der Waals surface area (Å²) in [5.41, 5.74) is 7.07. The number of ether oxygens (including phenoxy) is 1. The highest BCUT2D eigenvalue weighted by Crippen LogP contribution is 2.25. The predicted octanol–water partition coefficient (Wildman–Crippen LogP) is 4.00. The topological polar surface area (TPSA) is 134 Å². The fourth-order valence-corrected chi connectivity index (χ4v) is 3.83. The summed E-state index contributed by atoms with van der Waals surface area (Å²) in [6, 6.07) is 18.8. The van der Waals surface area contributed by atoms with E-state index in [1.807, 2.05) is 47.8 Å². The number of halogens is 1. The van der Waals surface area contributed by atoms with Crippen molar-refractivity contribution >= 4 is 34.9 Å². The van der Waals surface area contributed by atoms with Gasteiger partial charge in [0.25, 0.3) is 5.82 Å². The second-order valence-electron chi connectivity index (χ2n) is 7.13. The Morgan fingerprint density at radius 1 is 1.00 bits per heavy atom. The number of nitrogens with two attached hydrogens (primary N) is 1. The average molecular weight is 489 g/mol. The van der Waals surface area contributed by atoms with Crippen LogP contribution in [0.5, 0.6) is 0 Å². The largest absolute Gasteiger partial charge is 0.452 e. The summed E-state index contributed by atoms with van der Waals surface area (Å²) < 4.78 is 20.1. The molecule has 5 rings (SSSR count). The minimum Gasteiger partial charge on any atom is -0.452 e. The summed E-state index contributed by atoms with van der Waals surface area (Å²) >= 11 is 1.48. The molecule has 3 aromatic heterocycles. The zero-order valence-corrected chi connectivity index (χ0v) is 18.8. The molecule has 0 unspecified atom stereocenters. The number of anilines is 3. The number of carbonyl (C=O) groups is 1. The molecule has 0 atom stereocenters. The van der Waals surface area contributed by atoms with Crippen LogP contribution in [0.3, 0.4) is 0 Å². The van der Waals surface area contributed by atoms with Gasteiger partial charge in [0, 0.05) is 5.69 Å². The van der Waals surface area contributed by atoms with E-state index in [0.717, 1.165) is 10.6 Å². The first-order chi connectivity index (χ1) is 17.0. The lowest BCUT2D eigenvalue weighted by Crippen LogP contribution is -2.12. The number of aromatic nitrogens is 6. The lowest BCUT2D eigenvalue weighted by atomic mass is 10.3. The van der Waals surface area contributed by atoms with E-state index in [1.165, 1.54) is 35.6 Å². The number of para-hydroxylation sites is 1. The molecule has 0 saturated carbocycles. The quantitative estimate of drug-likeness (QED) is 0.326. The number of rotatable bonds is 7. The van der Waals surface area contributed by atoms with Gasteiger partial charge in [-0.05, 0) is 47.8 Å². The van der Waals surface area contributed by atoms with Crippen molar-refractivity contribution in [3.8, 4) is 16.4 Å². The number of thiophene rings is 1. The maximum absolute atomic E-state index is 13.1. The number of nitrogen functional groups attached to an aromatic ring is 1. The van der Waals surface area contributed by atoms with Crippen molar-refractivity contribution in [1.29, 1.82) is 0 Å². The van der Waals surface area contributed by atoms with Crippen molar-refractivity contribution in [3.63, 3.8) is 0 Å². The first kappa shape index (κ1) is 22.1. The molecule has 12 heteroatoms. The van der Waals surface area contributed by atoms with Crippen LogP contribution in [0, 0.1) is 5.82 Å². The van der Waals surface area contributed by atoms with Gasteiger partial charge in [-0.15, -0.1) is 16.4 Å². The summed E-state index contributed by atoms with van der Waals surface area (Å²) in [5, 5.41) is 9.18. The molecule has 3 heterocycles. The molecule has 3 N–H and O–H groups in total. The summed E-state index contributed by atoms with van der Waals surface area (Å²) in [4.78, 5) is 30.2. The summed E-state index contributed by atoms with van der Waals surface area (Å²) in [6.45, 7) is -0.280. The van der Waals surface area contributed by atoms with Crippen molar-refractivity contribution < 1.29 is 13.9 Å². The standard InChI is InChI=1S/C23H17FN8O2S/c24-14-8-10-15(11-9-14)26-23-28-18(27-22(25)30-23)13-34-21(33)19-29-20(17-7-4-12-35-17)32(31-19)16-5-2-1-3-6-16/h1-12H,13H2,(H3,25,26,27,28,30). The molecule has 0 fully saturated rings. The molecule has 10 nitrogen and oxygen atoms in total. The third-order valence-electron chi connectivity index (χ3n) is 4.66. The highest BCUT2D eigenvalue weighted by molar-refractivity contribution is 7.13. The van der Waals surface area contributed by atoms with Crippen molar-refractivity contribution in [1.82, 2.24) is 29.7 Å². The smallest absolute Gasteiger partial charge is 0.378 e. The Kier molecular flexibility index (Phi) is 6.09. The Bertz CT molecular complexity index is 1460. The third kappa shape index (κ3) is 5.12. The van der Waals surface area contributed by atoms with E-state index >= 15 is 0 Å². The van der Waals surface area contributed by atoms with Gasteiger partial charge >= 0.3 is 5.97 Å². The molecule has 0 aliphatic heterocycles. The van der Waals surface area contributed by atoms with Crippen LogP contribution in [0.25, 0.3) is 16.4 Å². The van der Waals surface area contributed by atoms with Crippen LogP contribution in [-0.4, -0.2) is 35.7 Å². The number of carbonyl (C=O) groups excluding carboxylic acids is 1. The van der Waals surface area contributed by atoms with Crippen LogP contribution in [-0.2, 0) is 11.3 Å². The molecule has 174 valence electrons. The second-order valence-corrected chi connectivity index (χ2v) is 8.07. The van der Waals surface area contributed by atoms with Gasteiger partial charge in [-0.2, -0.15) is 19.9 Å². The van der Waals surface area contributed by atoms with Gasteiger partial charge in [0.2, 0.25) is 11.9 Å². The summed E-state index contributed by atoms with van der Waals surface area (Å²) in [5.74, 6) is -0.522. The van der Waals surface area contributed by atoms with Crippen LogP contribution in [0.1, 0.15) is 16.4 Å². The Labute approximate surface area is 202 Å².